The molecule has 1 fully saturated rings. The molecule has 0 N–H and O–H groups in total. The van der Waals surface area contributed by atoms with Crippen molar-refractivity contribution in [2.45, 2.75) is 20.0 Å². The van der Waals surface area contributed by atoms with Crippen molar-refractivity contribution in [1.82, 2.24) is 28.4 Å². The Morgan fingerprint density at radius 3 is 2.44 bits per heavy atom. The second-order valence-electron chi connectivity index (χ2n) is 8.48. The van der Waals surface area contributed by atoms with Crippen molar-refractivity contribution in [3.63, 3.8) is 0 Å². The first-order valence-electron chi connectivity index (χ1n) is 10.9. The summed E-state index contributed by atoms with van der Waals surface area (Å²) in [5, 5.41) is 5.11. The van der Waals surface area contributed by atoms with Crippen molar-refractivity contribution in [2.75, 3.05) is 39.5 Å². The molecule has 0 atom stereocenters. The van der Waals surface area contributed by atoms with Gasteiger partial charge in [0.1, 0.15) is 16.9 Å². The van der Waals surface area contributed by atoms with Gasteiger partial charge in [-0.2, -0.15) is 13.9 Å². The van der Waals surface area contributed by atoms with E-state index in [0.29, 0.717) is 44.9 Å². The molecule has 0 saturated carbocycles. The second kappa shape index (κ2) is 8.77. The van der Waals surface area contributed by atoms with Gasteiger partial charge in [0.2, 0.25) is 10.0 Å². The van der Waals surface area contributed by atoms with E-state index in [1.54, 1.807) is 23.0 Å². The van der Waals surface area contributed by atoms with Crippen molar-refractivity contribution in [2.24, 2.45) is 0 Å². The van der Waals surface area contributed by atoms with Crippen LogP contribution in [0.2, 0.25) is 0 Å². The Balaban J connectivity index is 1.52. The second-order valence-corrected chi connectivity index (χ2v) is 11.5. The van der Waals surface area contributed by atoms with Crippen LogP contribution in [0.15, 0.2) is 35.4 Å². The number of fused-ring (bicyclic) bond motifs is 3. The molecule has 3 aromatic heterocycles. The molecule has 180 valence electrons. The number of hydrogen-bond donors (Lipinski definition) is 0. The number of sulfonamides is 1. The molecule has 12 heteroatoms. The number of ether oxygens (including phenoxy) is 1. The van der Waals surface area contributed by atoms with Crippen LogP contribution in [0.25, 0.3) is 15.9 Å². The van der Waals surface area contributed by atoms with Gasteiger partial charge in [0.15, 0.2) is 5.65 Å². The van der Waals surface area contributed by atoms with Crippen LogP contribution in [-0.4, -0.2) is 76.3 Å². The van der Waals surface area contributed by atoms with Gasteiger partial charge in [-0.25, -0.2) is 18.2 Å². The number of hydrogen-bond acceptors (Lipinski definition) is 8. The molecule has 1 aliphatic rings. The van der Waals surface area contributed by atoms with Gasteiger partial charge in [-0.3, -0.25) is 9.47 Å². The summed E-state index contributed by atoms with van der Waals surface area (Å²) in [4.78, 5) is 21.9. The van der Waals surface area contributed by atoms with Crippen molar-refractivity contribution in [1.29, 1.82) is 0 Å². The van der Waals surface area contributed by atoms with Gasteiger partial charge < -0.3 is 4.74 Å². The van der Waals surface area contributed by atoms with Gasteiger partial charge in [-0.1, -0.05) is 12.1 Å². The fourth-order valence-electron chi connectivity index (χ4n) is 4.38. The minimum Gasteiger partial charge on any atom is -0.497 e. The summed E-state index contributed by atoms with van der Waals surface area (Å²) < 4.78 is 33.5. The fourth-order valence-corrected chi connectivity index (χ4v) is 6.54. The molecule has 0 aliphatic carbocycles. The number of aryl methyl sites for hydroxylation is 1. The summed E-state index contributed by atoms with van der Waals surface area (Å²) in [6.07, 6.45) is 2.67. The predicted octanol–water partition coefficient (Wildman–Crippen LogP) is 1.55. The van der Waals surface area contributed by atoms with E-state index >= 15 is 0 Å². The lowest BCUT2D eigenvalue weighted by Gasteiger charge is -2.33. The number of nitrogens with zero attached hydrogens (tertiary/aromatic N) is 6. The summed E-state index contributed by atoms with van der Waals surface area (Å²) >= 11 is 1.59. The Morgan fingerprint density at radius 2 is 1.79 bits per heavy atom. The third-order valence-electron chi connectivity index (χ3n) is 6.32. The third kappa shape index (κ3) is 4.11. The van der Waals surface area contributed by atoms with E-state index in [2.05, 4.69) is 21.9 Å². The summed E-state index contributed by atoms with van der Waals surface area (Å²) in [5.41, 5.74) is 2.39. The molecule has 0 amide bonds. The molecule has 4 heterocycles. The molecule has 0 bridgehead atoms. The average Bonchev–Trinajstić information content (AvgIpc) is 3.42. The molecular formula is C22H26N6O4S2. The smallest absolute Gasteiger partial charge is 0.352 e. The maximum Gasteiger partial charge on any atom is 0.352 e. The number of rotatable bonds is 6. The molecule has 1 saturated heterocycles. The highest BCUT2D eigenvalue weighted by Crippen LogP contribution is 2.33. The van der Waals surface area contributed by atoms with E-state index in [1.807, 2.05) is 24.3 Å². The maximum atomic E-state index is 13.3. The molecule has 1 aliphatic heterocycles. The van der Waals surface area contributed by atoms with E-state index in [0.717, 1.165) is 32.0 Å². The van der Waals surface area contributed by atoms with Gasteiger partial charge in [0, 0.05) is 37.6 Å². The highest BCUT2D eigenvalue weighted by molar-refractivity contribution is 7.88. The number of methoxy groups -OCH3 is 1. The summed E-state index contributed by atoms with van der Waals surface area (Å²) in [7, 11) is -1.54. The largest absolute Gasteiger partial charge is 0.497 e. The lowest BCUT2D eigenvalue weighted by Crippen LogP contribution is -2.47. The fraction of sp³-hybridized carbons (Fsp3) is 0.409. The maximum absolute atomic E-state index is 13.3. The van der Waals surface area contributed by atoms with Crippen LogP contribution in [0.1, 0.15) is 16.0 Å². The molecule has 1 aromatic carbocycles. The molecule has 4 aromatic rings. The molecule has 34 heavy (non-hydrogen) atoms. The summed E-state index contributed by atoms with van der Waals surface area (Å²) in [6.45, 7) is 5.46. The van der Waals surface area contributed by atoms with Crippen LogP contribution in [0.5, 0.6) is 5.75 Å². The zero-order valence-electron chi connectivity index (χ0n) is 19.3. The first kappa shape index (κ1) is 23.0. The lowest BCUT2D eigenvalue weighted by atomic mass is 10.2. The van der Waals surface area contributed by atoms with Crippen molar-refractivity contribution in [3.05, 3.63) is 57.1 Å². The van der Waals surface area contributed by atoms with Crippen molar-refractivity contribution in [3.8, 4) is 5.75 Å². The zero-order valence-corrected chi connectivity index (χ0v) is 20.9. The first-order chi connectivity index (χ1) is 16.3. The number of piperazine rings is 1. The van der Waals surface area contributed by atoms with Gasteiger partial charge in [0.05, 0.1) is 25.3 Å². The van der Waals surface area contributed by atoms with Crippen LogP contribution >= 0.6 is 11.3 Å². The minimum absolute atomic E-state index is 0.231. The topological polar surface area (TPSA) is 102 Å². The Labute approximate surface area is 201 Å². The zero-order chi connectivity index (χ0) is 24.0. The first-order valence-corrected chi connectivity index (χ1v) is 13.6. The quantitative estimate of drug-likeness (QED) is 0.394. The molecule has 0 spiro atoms. The highest BCUT2D eigenvalue weighted by atomic mass is 32.2. The van der Waals surface area contributed by atoms with Gasteiger partial charge in [-0.05, 0) is 30.2 Å². The number of thiophene rings is 1. The molecule has 10 nitrogen and oxygen atoms in total. The predicted molar refractivity (Wildman–Crippen MR) is 131 cm³/mol. The van der Waals surface area contributed by atoms with E-state index < -0.39 is 10.0 Å². The summed E-state index contributed by atoms with van der Waals surface area (Å²) in [5.74, 6) is 0.762. The van der Waals surface area contributed by atoms with Crippen LogP contribution in [0.4, 0.5) is 0 Å². The van der Waals surface area contributed by atoms with Crippen LogP contribution in [-0.2, 0) is 23.1 Å². The third-order valence-corrected chi connectivity index (χ3v) is 8.93. The number of benzene rings is 1. The monoisotopic (exact) mass is 502 g/mol. The molecule has 5 rings (SSSR count). The highest BCUT2D eigenvalue weighted by Gasteiger charge is 2.25. The van der Waals surface area contributed by atoms with Crippen LogP contribution in [0.3, 0.4) is 0 Å². The van der Waals surface area contributed by atoms with E-state index in [9.17, 15) is 13.2 Å². The summed E-state index contributed by atoms with van der Waals surface area (Å²) in [6, 6.07) is 7.66. The van der Waals surface area contributed by atoms with Crippen molar-refractivity contribution >= 4 is 37.2 Å². The van der Waals surface area contributed by atoms with E-state index in [-0.39, 0.29) is 5.69 Å². The standard InChI is InChI=1S/C22H26N6O4S2/c1-15-18(13-25-8-10-26(11-9-25)34(3,30)31)33-21-19(15)20-23-14-24-28(20)22(29)27(21)12-16-4-6-17(32-2)7-5-16/h4-7,14H,8-13H2,1-3H3. The SMILES string of the molecule is COc1ccc(Cn2c(=O)n3ncnc3c3c(C)c(CN4CCN(S(C)(=O)=O)CC4)sc32)cc1. The van der Waals surface area contributed by atoms with Crippen molar-refractivity contribution < 1.29 is 13.2 Å². The Kier molecular flexibility index (Phi) is 5.92. The van der Waals surface area contributed by atoms with Crippen LogP contribution < -0.4 is 10.4 Å². The number of aromatic nitrogens is 4. The lowest BCUT2D eigenvalue weighted by molar-refractivity contribution is 0.183. The van der Waals surface area contributed by atoms with Gasteiger partial charge >= 0.3 is 5.69 Å². The molecule has 0 radical (unpaired) electrons. The van der Waals surface area contributed by atoms with E-state index in [4.69, 9.17) is 4.74 Å². The van der Waals surface area contributed by atoms with Crippen LogP contribution in [0, 0.1) is 6.92 Å². The molecule has 0 unspecified atom stereocenters. The van der Waals surface area contributed by atoms with Gasteiger partial charge in [0.25, 0.3) is 0 Å². The Morgan fingerprint density at radius 1 is 1.09 bits per heavy atom. The Bertz CT molecular complexity index is 1510. The minimum atomic E-state index is -3.17. The normalized spacial score (nSPS) is 16.0. The average molecular weight is 503 g/mol. The molecular weight excluding hydrogens is 476 g/mol. The Hall–Kier alpha value is -2.80. The van der Waals surface area contributed by atoms with E-state index in [1.165, 1.54) is 21.4 Å². The van der Waals surface area contributed by atoms with Gasteiger partial charge in [-0.15, -0.1) is 11.3 Å².